The van der Waals surface area contributed by atoms with Gasteiger partial charge in [-0.2, -0.15) is 0 Å². The molecule has 3 aromatic carbocycles. The number of nitrogens with zero attached hydrogens (tertiary/aromatic N) is 2. The van der Waals surface area contributed by atoms with E-state index in [0.717, 1.165) is 10.0 Å². The second kappa shape index (κ2) is 14.5. The quantitative estimate of drug-likeness (QED) is 0.159. The number of ether oxygens (including phenoxy) is 4. The Labute approximate surface area is 288 Å². The number of hydrogen-bond donors (Lipinski definition) is 0. The van der Waals surface area contributed by atoms with E-state index in [4.69, 9.17) is 42.1 Å². The summed E-state index contributed by atoms with van der Waals surface area (Å²) in [6.07, 6.45) is 1.69. The lowest BCUT2D eigenvalue weighted by Gasteiger charge is -2.25. The van der Waals surface area contributed by atoms with Gasteiger partial charge in [0.25, 0.3) is 5.56 Å². The van der Waals surface area contributed by atoms with Crippen LogP contribution in [0.4, 0.5) is 0 Å². The van der Waals surface area contributed by atoms with Gasteiger partial charge in [-0.3, -0.25) is 9.36 Å². The van der Waals surface area contributed by atoms with Gasteiger partial charge in [-0.05, 0) is 87.4 Å². The molecule has 0 spiro atoms. The van der Waals surface area contributed by atoms with Gasteiger partial charge >= 0.3 is 5.97 Å². The van der Waals surface area contributed by atoms with E-state index in [9.17, 15) is 9.59 Å². The van der Waals surface area contributed by atoms with E-state index in [2.05, 4.69) is 20.9 Å². The Balaban J connectivity index is 1.63. The Morgan fingerprint density at radius 1 is 1.07 bits per heavy atom. The summed E-state index contributed by atoms with van der Waals surface area (Å²) in [4.78, 5) is 32.7. The molecule has 2 heterocycles. The molecule has 46 heavy (non-hydrogen) atoms. The molecule has 5 rings (SSSR count). The Hall–Kier alpha value is -3.57. The number of fused-ring (bicyclic) bond motifs is 1. The zero-order valence-corrected chi connectivity index (χ0v) is 29.6. The van der Waals surface area contributed by atoms with Crippen LogP contribution in [0.25, 0.3) is 6.08 Å². The molecule has 4 aromatic rings. The third kappa shape index (κ3) is 7.20. The lowest BCUT2D eigenvalue weighted by atomic mass is 9.95. The maximum absolute atomic E-state index is 14.2. The van der Waals surface area contributed by atoms with Crippen LogP contribution in [0.1, 0.15) is 50.4 Å². The van der Waals surface area contributed by atoms with Gasteiger partial charge < -0.3 is 18.9 Å². The number of rotatable bonds is 10. The average Bonchev–Trinajstić information content (AvgIpc) is 3.31. The summed E-state index contributed by atoms with van der Waals surface area (Å²) < 4.78 is 25.9. The van der Waals surface area contributed by atoms with Crippen molar-refractivity contribution in [2.24, 2.45) is 4.99 Å². The van der Waals surface area contributed by atoms with Gasteiger partial charge in [0.1, 0.15) is 12.4 Å². The largest absolute Gasteiger partial charge is 0.493 e. The zero-order chi connectivity index (χ0) is 33.1. The highest BCUT2D eigenvalue weighted by molar-refractivity contribution is 9.10. The summed E-state index contributed by atoms with van der Waals surface area (Å²) in [5, 5.41) is 0.898. The van der Waals surface area contributed by atoms with Crippen LogP contribution >= 0.6 is 50.5 Å². The summed E-state index contributed by atoms with van der Waals surface area (Å²) >= 11 is 17.0. The van der Waals surface area contributed by atoms with E-state index in [-0.39, 0.29) is 30.5 Å². The molecule has 1 aliphatic heterocycles. The third-order valence-electron chi connectivity index (χ3n) is 7.02. The van der Waals surface area contributed by atoms with E-state index in [1.165, 1.54) is 15.9 Å². The van der Waals surface area contributed by atoms with Gasteiger partial charge in [0.15, 0.2) is 16.3 Å². The van der Waals surface area contributed by atoms with Crippen LogP contribution in [0.5, 0.6) is 17.2 Å². The molecule has 0 bridgehead atoms. The van der Waals surface area contributed by atoms with Crippen LogP contribution in [0.15, 0.2) is 80.1 Å². The maximum atomic E-state index is 14.2. The van der Waals surface area contributed by atoms with Gasteiger partial charge in [0.2, 0.25) is 0 Å². The van der Waals surface area contributed by atoms with Crippen molar-refractivity contribution < 1.29 is 23.7 Å². The Morgan fingerprint density at radius 2 is 1.83 bits per heavy atom. The van der Waals surface area contributed by atoms with Gasteiger partial charge in [-0.1, -0.05) is 62.6 Å². The normalized spacial score (nSPS) is 14.6. The first-order chi connectivity index (χ1) is 22.0. The van der Waals surface area contributed by atoms with Gasteiger partial charge in [0, 0.05) is 10.0 Å². The minimum Gasteiger partial charge on any atom is -0.493 e. The molecular weight excluding hydrogens is 715 g/mol. The first-order valence-electron chi connectivity index (χ1n) is 14.4. The van der Waals surface area contributed by atoms with E-state index in [1.54, 1.807) is 51.3 Å². The van der Waals surface area contributed by atoms with Crippen LogP contribution in [0, 0.1) is 0 Å². The second-order valence-corrected chi connectivity index (χ2v) is 13.3. The summed E-state index contributed by atoms with van der Waals surface area (Å²) in [6, 6.07) is 15.4. The Morgan fingerprint density at radius 3 is 2.52 bits per heavy atom. The first-order valence-corrected chi connectivity index (χ1v) is 16.8. The molecule has 0 amide bonds. The molecule has 8 nitrogen and oxygen atoms in total. The summed E-state index contributed by atoms with van der Waals surface area (Å²) in [7, 11) is 1.55. The van der Waals surface area contributed by atoms with Crippen molar-refractivity contribution in [1.82, 2.24) is 4.57 Å². The lowest BCUT2D eigenvalue weighted by Crippen LogP contribution is -2.40. The summed E-state index contributed by atoms with van der Waals surface area (Å²) in [5.41, 5.74) is 2.57. The van der Waals surface area contributed by atoms with Crippen molar-refractivity contribution in [1.29, 1.82) is 0 Å². The SMILES string of the molecule is CCOC(=O)C1=C(C)N=c2s/c(=C\c3cc(Br)ccc3OCc3ccc(Cl)c(Cl)c3)c(=O)n2[C@@H]1c1ccc(OC(C)C)c(OC)c1. The van der Waals surface area contributed by atoms with Crippen molar-refractivity contribution in [3.8, 4) is 17.2 Å². The molecule has 1 atom stereocenters. The van der Waals surface area contributed by atoms with E-state index >= 15 is 0 Å². The smallest absolute Gasteiger partial charge is 0.338 e. The van der Waals surface area contributed by atoms with E-state index in [0.29, 0.717) is 53.5 Å². The zero-order valence-electron chi connectivity index (χ0n) is 25.7. The highest BCUT2D eigenvalue weighted by atomic mass is 79.9. The van der Waals surface area contributed by atoms with Crippen LogP contribution in [-0.2, 0) is 16.1 Å². The molecule has 0 saturated heterocycles. The standard InChI is InChI=1S/C34H31BrCl2N2O6S/c1-6-43-33(41)30-19(4)38-34-39(31(30)21-8-11-27(45-18(2)3)28(15-21)42-5)32(40)29(46-34)16-22-14-23(35)9-12-26(22)44-17-20-7-10-24(36)25(37)13-20/h7-16,18,31H,6,17H2,1-5H3/b29-16-/t31-/m1/s1. The summed E-state index contributed by atoms with van der Waals surface area (Å²) in [5.74, 6) is 1.04. The van der Waals surface area contributed by atoms with Crippen LogP contribution < -0.4 is 29.1 Å². The van der Waals surface area contributed by atoms with Crippen molar-refractivity contribution in [2.45, 2.75) is 46.4 Å². The fourth-order valence-electron chi connectivity index (χ4n) is 5.01. The number of hydrogen-bond acceptors (Lipinski definition) is 8. The third-order valence-corrected chi connectivity index (χ3v) is 9.24. The van der Waals surface area contributed by atoms with Gasteiger partial charge in [-0.25, -0.2) is 9.79 Å². The number of thiazole rings is 1. The first kappa shape index (κ1) is 33.8. The minimum absolute atomic E-state index is 0.0782. The highest BCUT2D eigenvalue weighted by Gasteiger charge is 2.34. The lowest BCUT2D eigenvalue weighted by molar-refractivity contribution is -0.139. The number of benzene rings is 3. The number of carbonyl (C=O) groups is 1. The molecule has 1 aliphatic rings. The Bertz CT molecular complexity index is 2020. The molecule has 12 heteroatoms. The molecule has 240 valence electrons. The fourth-order valence-corrected chi connectivity index (χ4v) is 6.74. The molecule has 0 saturated carbocycles. The predicted octanol–water partition coefficient (Wildman–Crippen LogP) is 7.24. The molecule has 0 aliphatic carbocycles. The number of esters is 1. The fraction of sp³-hybridized carbons (Fsp3) is 0.265. The summed E-state index contributed by atoms with van der Waals surface area (Å²) in [6.45, 7) is 7.73. The second-order valence-electron chi connectivity index (χ2n) is 10.6. The highest BCUT2D eigenvalue weighted by Crippen LogP contribution is 2.36. The molecule has 1 aromatic heterocycles. The molecular formula is C34H31BrCl2N2O6S. The van der Waals surface area contributed by atoms with E-state index in [1.807, 2.05) is 44.2 Å². The minimum atomic E-state index is -0.813. The molecule has 0 radical (unpaired) electrons. The van der Waals surface area contributed by atoms with Gasteiger partial charge in [0.05, 0.1) is 51.7 Å². The number of halogens is 3. The van der Waals surface area contributed by atoms with Crippen LogP contribution in [0.3, 0.4) is 0 Å². The monoisotopic (exact) mass is 744 g/mol. The number of aromatic nitrogens is 1. The van der Waals surface area contributed by atoms with Gasteiger partial charge in [-0.15, -0.1) is 0 Å². The van der Waals surface area contributed by atoms with E-state index < -0.39 is 12.0 Å². The topological polar surface area (TPSA) is 88.4 Å². The maximum Gasteiger partial charge on any atom is 0.338 e. The van der Waals surface area contributed by atoms with Crippen molar-refractivity contribution in [3.05, 3.63) is 117 Å². The van der Waals surface area contributed by atoms with Crippen molar-refractivity contribution in [3.63, 3.8) is 0 Å². The average molecular weight is 747 g/mol. The molecule has 0 unspecified atom stereocenters. The Kier molecular flexibility index (Phi) is 10.6. The van der Waals surface area contributed by atoms with Crippen LogP contribution in [0.2, 0.25) is 10.0 Å². The molecule has 0 N–H and O–H groups in total. The molecule has 0 fully saturated rings. The number of allylic oxidation sites excluding steroid dienone is 1. The number of carbonyl (C=O) groups excluding carboxylic acids is 1. The predicted molar refractivity (Wildman–Crippen MR) is 184 cm³/mol. The number of methoxy groups -OCH3 is 1. The van der Waals surface area contributed by atoms with Crippen molar-refractivity contribution >= 4 is 62.5 Å². The van der Waals surface area contributed by atoms with Crippen molar-refractivity contribution in [2.75, 3.05) is 13.7 Å². The van der Waals surface area contributed by atoms with Crippen LogP contribution in [-0.4, -0.2) is 30.4 Å².